The van der Waals surface area contributed by atoms with Crippen LogP contribution in [0.4, 0.5) is 5.69 Å². The van der Waals surface area contributed by atoms with E-state index in [9.17, 15) is 9.59 Å². The maximum Gasteiger partial charge on any atom is 0.237 e. The summed E-state index contributed by atoms with van der Waals surface area (Å²) in [6, 6.07) is 10.9. The van der Waals surface area contributed by atoms with Crippen molar-refractivity contribution >= 4 is 40.5 Å². The van der Waals surface area contributed by atoms with Gasteiger partial charge >= 0.3 is 0 Å². The van der Waals surface area contributed by atoms with Crippen LogP contribution >= 0.6 is 23.1 Å². The van der Waals surface area contributed by atoms with Crippen LogP contribution in [0.1, 0.15) is 37.0 Å². The van der Waals surface area contributed by atoms with Gasteiger partial charge in [0.2, 0.25) is 5.91 Å². The summed E-state index contributed by atoms with van der Waals surface area (Å²) in [7, 11) is 0. The van der Waals surface area contributed by atoms with Crippen LogP contribution in [0.2, 0.25) is 0 Å². The number of aromatic nitrogens is 3. The zero-order valence-electron chi connectivity index (χ0n) is 17.4. The lowest BCUT2D eigenvalue weighted by Crippen LogP contribution is -2.23. The van der Waals surface area contributed by atoms with Crippen molar-refractivity contribution in [2.24, 2.45) is 0 Å². The number of amides is 1. The lowest BCUT2D eigenvalue weighted by atomic mass is 10.1. The van der Waals surface area contributed by atoms with Crippen LogP contribution in [0.15, 0.2) is 46.9 Å². The Morgan fingerprint density at radius 3 is 2.74 bits per heavy atom. The van der Waals surface area contributed by atoms with Crippen LogP contribution in [0, 0.1) is 0 Å². The van der Waals surface area contributed by atoms with Crippen LogP contribution < -0.4 is 5.32 Å². The fourth-order valence-corrected chi connectivity index (χ4v) is 4.94. The first kappa shape index (κ1) is 21.7. The maximum atomic E-state index is 12.7. The van der Waals surface area contributed by atoms with Crippen molar-refractivity contribution < 1.29 is 14.3 Å². The summed E-state index contributed by atoms with van der Waals surface area (Å²) < 4.78 is 7.89. The van der Waals surface area contributed by atoms with Gasteiger partial charge in [0.25, 0.3) is 0 Å². The van der Waals surface area contributed by atoms with Crippen LogP contribution in [-0.4, -0.2) is 44.4 Å². The molecule has 1 aromatic carbocycles. The molecule has 0 bridgehead atoms. The minimum absolute atomic E-state index is 0.00563. The van der Waals surface area contributed by atoms with Crippen LogP contribution in [0.5, 0.6) is 0 Å². The number of hydrogen-bond donors (Lipinski definition) is 1. The molecule has 162 valence electrons. The number of ketones is 1. The van der Waals surface area contributed by atoms with Crippen molar-refractivity contribution in [3.8, 4) is 10.7 Å². The molecule has 1 amide bonds. The van der Waals surface area contributed by atoms with Gasteiger partial charge in [-0.05, 0) is 62.4 Å². The number of carbonyl (C=O) groups is 2. The van der Waals surface area contributed by atoms with Gasteiger partial charge in [0.1, 0.15) is 0 Å². The lowest BCUT2D eigenvalue weighted by molar-refractivity contribution is -0.115. The number of anilines is 1. The number of benzene rings is 1. The highest BCUT2D eigenvalue weighted by atomic mass is 32.2. The second kappa shape index (κ2) is 9.76. The third-order valence-electron chi connectivity index (χ3n) is 5.08. The van der Waals surface area contributed by atoms with Gasteiger partial charge in [0.15, 0.2) is 16.8 Å². The van der Waals surface area contributed by atoms with Gasteiger partial charge in [0.05, 0.1) is 22.8 Å². The number of carbonyl (C=O) groups excluding carboxylic acids is 2. The van der Waals surface area contributed by atoms with E-state index in [0.29, 0.717) is 23.0 Å². The molecular formula is C22H24N4O3S2. The van der Waals surface area contributed by atoms with E-state index >= 15 is 0 Å². The zero-order valence-corrected chi connectivity index (χ0v) is 19.0. The SMILES string of the molecule is CC(=O)c1ccc(NC(=O)C(C)Sc2nnc(-c3cccs3)n2CC2CCCO2)cc1. The average molecular weight is 457 g/mol. The predicted octanol–water partition coefficient (Wildman–Crippen LogP) is 4.51. The van der Waals surface area contributed by atoms with Crippen molar-refractivity contribution in [2.75, 3.05) is 11.9 Å². The first-order valence-electron chi connectivity index (χ1n) is 10.2. The quantitative estimate of drug-likeness (QED) is 0.397. The van der Waals surface area contributed by atoms with Gasteiger partial charge in [-0.3, -0.25) is 14.2 Å². The number of Topliss-reactive ketones (excluding diaryl/α,β-unsaturated/α-hetero) is 1. The predicted molar refractivity (Wildman–Crippen MR) is 123 cm³/mol. The first-order valence-corrected chi connectivity index (χ1v) is 11.9. The zero-order chi connectivity index (χ0) is 21.8. The Morgan fingerprint density at radius 2 is 2.10 bits per heavy atom. The van der Waals surface area contributed by atoms with Crippen molar-refractivity contribution in [1.29, 1.82) is 0 Å². The van der Waals surface area contributed by atoms with E-state index in [-0.39, 0.29) is 23.0 Å². The van der Waals surface area contributed by atoms with Crippen LogP contribution in [0.25, 0.3) is 10.7 Å². The largest absolute Gasteiger partial charge is 0.376 e. The molecule has 0 saturated carbocycles. The molecular weight excluding hydrogens is 432 g/mol. The fraction of sp³-hybridized carbons (Fsp3) is 0.364. The highest BCUT2D eigenvalue weighted by Gasteiger charge is 2.25. The molecule has 2 atom stereocenters. The molecule has 4 rings (SSSR count). The molecule has 9 heteroatoms. The number of hydrogen-bond acceptors (Lipinski definition) is 7. The first-order chi connectivity index (χ1) is 15.0. The molecule has 1 N–H and O–H groups in total. The average Bonchev–Trinajstić information content (AvgIpc) is 3.52. The van der Waals surface area contributed by atoms with E-state index in [1.165, 1.54) is 18.7 Å². The summed E-state index contributed by atoms with van der Waals surface area (Å²) in [6.07, 6.45) is 2.21. The summed E-state index contributed by atoms with van der Waals surface area (Å²) in [4.78, 5) is 25.2. The number of nitrogens with zero attached hydrogens (tertiary/aromatic N) is 3. The fourth-order valence-electron chi connectivity index (χ4n) is 3.36. The van der Waals surface area contributed by atoms with Gasteiger partial charge in [0, 0.05) is 17.9 Å². The third kappa shape index (κ3) is 5.23. The second-order valence-electron chi connectivity index (χ2n) is 7.41. The molecule has 31 heavy (non-hydrogen) atoms. The molecule has 7 nitrogen and oxygen atoms in total. The number of ether oxygens (including phenoxy) is 1. The smallest absolute Gasteiger partial charge is 0.237 e. The molecule has 0 spiro atoms. The third-order valence-corrected chi connectivity index (χ3v) is 7.03. The Kier molecular flexibility index (Phi) is 6.84. The van der Waals surface area contributed by atoms with Gasteiger partial charge in [-0.2, -0.15) is 0 Å². The van der Waals surface area contributed by atoms with Crippen molar-refractivity contribution in [1.82, 2.24) is 14.8 Å². The molecule has 1 aliphatic rings. The Hall–Kier alpha value is -2.49. The van der Waals surface area contributed by atoms with E-state index < -0.39 is 0 Å². The highest BCUT2D eigenvalue weighted by molar-refractivity contribution is 8.00. The number of rotatable bonds is 8. The molecule has 0 radical (unpaired) electrons. The van der Waals surface area contributed by atoms with Gasteiger partial charge in [-0.25, -0.2) is 0 Å². The lowest BCUT2D eigenvalue weighted by Gasteiger charge is -2.16. The number of thioether (sulfide) groups is 1. The summed E-state index contributed by atoms with van der Waals surface area (Å²) in [5.74, 6) is 0.666. The Bertz CT molecular complexity index is 1040. The molecule has 3 aromatic rings. The topological polar surface area (TPSA) is 86.1 Å². The van der Waals surface area contributed by atoms with Crippen LogP contribution in [0.3, 0.4) is 0 Å². The molecule has 1 aliphatic heterocycles. The van der Waals surface area contributed by atoms with Gasteiger partial charge in [-0.1, -0.05) is 17.8 Å². The molecule has 2 aromatic heterocycles. The standard InChI is InChI=1S/C22H24N4O3S2/c1-14(27)16-7-9-17(10-8-16)23-21(28)15(2)31-22-25-24-20(19-6-4-12-30-19)26(22)13-18-5-3-11-29-18/h4,6-10,12,15,18H,3,5,11,13H2,1-2H3,(H,23,28). The molecule has 1 fully saturated rings. The summed E-state index contributed by atoms with van der Waals surface area (Å²) in [5, 5.41) is 14.0. The second-order valence-corrected chi connectivity index (χ2v) is 9.67. The summed E-state index contributed by atoms with van der Waals surface area (Å²) >= 11 is 2.99. The van der Waals surface area contributed by atoms with Crippen molar-refractivity contribution in [3.63, 3.8) is 0 Å². The van der Waals surface area contributed by atoms with Crippen molar-refractivity contribution in [2.45, 2.75) is 49.7 Å². The summed E-state index contributed by atoms with van der Waals surface area (Å²) in [5.41, 5.74) is 1.27. The van der Waals surface area contributed by atoms with E-state index in [0.717, 1.165) is 30.2 Å². The highest BCUT2D eigenvalue weighted by Crippen LogP contribution is 2.31. The monoisotopic (exact) mass is 456 g/mol. The normalized spacial score (nSPS) is 16.9. The van der Waals surface area contributed by atoms with E-state index in [2.05, 4.69) is 20.1 Å². The molecule has 3 heterocycles. The minimum atomic E-state index is -0.379. The number of thiophene rings is 1. The molecule has 2 unspecified atom stereocenters. The minimum Gasteiger partial charge on any atom is -0.376 e. The number of nitrogens with one attached hydrogen (secondary N) is 1. The summed E-state index contributed by atoms with van der Waals surface area (Å²) in [6.45, 7) is 4.82. The van der Waals surface area contributed by atoms with E-state index in [1.807, 2.05) is 24.4 Å². The van der Waals surface area contributed by atoms with Gasteiger partial charge < -0.3 is 10.1 Å². The molecule has 1 saturated heterocycles. The van der Waals surface area contributed by atoms with Crippen LogP contribution in [-0.2, 0) is 16.1 Å². The van der Waals surface area contributed by atoms with Gasteiger partial charge in [-0.15, -0.1) is 21.5 Å². The van der Waals surface area contributed by atoms with Crippen molar-refractivity contribution in [3.05, 3.63) is 47.3 Å². The maximum absolute atomic E-state index is 12.7. The molecule has 0 aliphatic carbocycles. The van der Waals surface area contributed by atoms with E-state index in [1.54, 1.807) is 35.6 Å². The Balaban J connectivity index is 1.48. The van der Waals surface area contributed by atoms with E-state index in [4.69, 9.17) is 4.74 Å². The Morgan fingerprint density at radius 1 is 1.29 bits per heavy atom. The Labute approximate surface area is 189 Å².